The number of likely N-dealkylation sites (N-methyl/N-ethyl adjacent to an activating group) is 1. The Bertz CT molecular complexity index is 523. The Hall–Kier alpha value is -1.95. The molecule has 1 atom stereocenters. The summed E-state index contributed by atoms with van der Waals surface area (Å²) in [5.74, 6) is 1.67. The number of nitrogens with zero attached hydrogens (tertiary/aromatic N) is 4. The van der Waals surface area contributed by atoms with Crippen LogP contribution in [0.4, 0.5) is 0 Å². The molecule has 0 saturated heterocycles. The SMILES string of the molecule is CNC(CCc1ccc(OC)cc1)Cc1nnn(C)n1. The maximum absolute atomic E-state index is 5.16. The van der Waals surface area contributed by atoms with E-state index >= 15 is 0 Å². The first-order valence-corrected chi connectivity index (χ1v) is 6.74. The van der Waals surface area contributed by atoms with Crippen LogP contribution in [0.25, 0.3) is 0 Å². The quantitative estimate of drug-likeness (QED) is 0.816. The molecule has 1 aromatic carbocycles. The standard InChI is InChI=1S/C14H21N5O/c1-15-12(10-14-16-18-19(2)17-14)7-4-11-5-8-13(20-3)9-6-11/h5-6,8-9,12,15H,4,7,10H2,1-3H3. The van der Waals surface area contributed by atoms with Gasteiger partial charge in [-0.05, 0) is 42.8 Å². The molecule has 0 spiro atoms. The van der Waals surface area contributed by atoms with Crippen molar-refractivity contribution < 1.29 is 4.74 Å². The molecule has 20 heavy (non-hydrogen) atoms. The molecule has 0 aliphatic heterocycles. The summed E-state index contributed by atoms with van der Waals surface area (Å²) in [6.45, 7) is 0. The highest BCUT2D eigenvalue weighted by Gasteiger charge is 2.11. The fourth-order valence-corrected chi connectivity index (χ4v) is 2.11. The van der Waals surface area contributed by atoms with E-state index in [9.17, 15) is 0 Å². The third kappa shape index (κ3) is 4.03. The van der Waals surface area contributed by atoms with Crippen molar-refractivity contribution in [1.29, 1.82) is 0 Å². The van der Waals surface area contributed by atoms with Gasteiger partial charge < -0.3 is 10.1 Å². The summed E-state index contributed by atoms with van der Waals surface area (Å²) in [6, 6.07) is 8.54. The first-order chi connectivity index (χ1) is 9.71. The normalized spacial score (nSPS) is 12.3. The molecule has 2 aromatic rings. The number of aryl methyl sites for hydroxylation is 2. The molecule has 1 heterocycles. The third-order valence-electron chi connectivity index (χ3n) is 3.33. The van der Waals surface area contributed by atoms with Gasteiger partial charge in [0.25, 0.3) is 0 Å². The lowest BCUT2D eigenvalue weighted by Gasteiger charge is -2.14. The zero-order valence-corrected chi connectivity index (χ0v) is 12.2. The summed E-state index contributed by atoms with van der Waals surface area (Å²) < 4.78 is 5.16. The predicted molar refractivity (Wildman–Crippen MR) is 76.7 cm³/mol. The van der Waals surface area contributed by atoms with E-state index < -0.39 is 0 Å². The van der Waals surface area contributed by atoms with E-state index in [1.165, 1.54) is 10.4 Å². The number of methoxy groups -OCH3 is 1. The molecule has 0 aliphatic carbocycles. The summed E-state index contributed by atoms with van der Waals surface area (Å²) >= 11 is 0. The van der Waals surface area contributed by atoms with E-state index in [0.717, 1.165) is 30.8 Å². The van der Waals surface area contributed by atoms with Crippen LogP contribution in [0, 0.1) is 0 Å². The average Bonchev–Trinajstić information content (AvgIpc) is 2.89. The van der Waals surface area contributed by atoms with Crippen molar-refractivity contribution in [2.24, 2.45) is 7.05 Å². The number of rotatable bonds is 7. The van der Waals surface area contributed by atoms with E-state index in [1.807, 2.05) is 19.2 Å². The Kier molecular flexibility index (Phi) is 5.06. The minimum atomic E-state index is 0.348. The summed E-state index contributed by atoms with van der Waals surface area (Å²) in [5.41, 5.74) is 1.30. The van der Waals surface area contributed by atoms with Crippen molar-refractivity contribution in [3.63, 3.8) is 0 Å². The second kappa shape index (κ2) is 7.00. The monoisotopic (exact) mass is 275 g/mol. The number of hydrogen-bond acceptors (Lipinski definition) is 5. The Morgan fingerprint density at radius 1 is 1.30 bits per heavy atom. The second-order valence-corrected chi connectivity index (χ2v) is 4.77. The molecule has 108 valence electrons. The minimum absolute atomic E-state index is 0.348. The van der Waals surface area contributed by atoms with Crippen molar-refractivity contribution in [3.8, 4) is 5.75 Å². The Morgan fingerprint density at radius 2 is 2.05 bits per heavy atom. The van der Waals surface area contributed by atoms with Gasteiger partial charge in [0.05, 0.1) is 14.2 Å². The van der Waals surface area contributed by atoms with Crippen LogP contribution in [0.3, 0.4) is 0 Å². The van der Waals surface area contributed by atoms with Crippen molar-refractivity contribution in [3.05, 3.63) is 35.7 Å². The molecular weight excluding hydrogens is 254 g/mol. The third-order valence-corrected chi connectivity index (χ3v) is 3.33. The number of nitrogens with one attached hydrogen (secondary N) is 1. The lowest BCUT2D eigenvalue weighted by Crippen LogP contribution is -2.28. The van der Waals surface area contributed by atoms with E-state index in [-0.39, 0.29) is 0 Å². The first kappa shape index (κ1) is 14.5. The molecule has 0 bridgehead atoms. The van der Waals surface area contributed by atoms with Gasteiger partial charge in [-0.2, -0.15) is 4.80 Å². The highest BCUT2D eigenvalue weighted by Crippen LogP contribution is 2.13. The molecule has 0 saturated carbocycles. The van der Waals surface area contributed by atoms with Crippen LogP contribution < -0.4 is 10.1 Å². The Balaban J connectivity index is 1.86. The molecule has 6 heteroatoms. The molecule has 1 unspecified atom stereocenters. The van der Waals surface area contributed by atoms with Crippen LogP contribution in [0.5, 0.6) is 5.75 Å². The zero-order valence-electron chi connectivity index (χ0n) is 12.2. The van der Waals surface area contributed by atoms with Gasteiger partial charge in [0, 0.05) is 12.5 Å². The van der Waals surface area contributed by atoms with Gasteiger partial charge in [-0.25, -0.2) is 0 Å². The maximum Gasteiger partial charge on any atom is 0.176 e. The fraction of sp³-hybridized carbons (Fsp3) is 0.500. The van der Waals surface area contributed by atoms with Gasteiger partial charge >= 0.3 is 0 Å². The van der Waals surface area contributed by atoms with Crippen molar-refractivity contribution in [2.45, 2.75) is 25.3 Å². The average molecular weight is 275 g/mol. The summed E-state index contributed by atoms with van der Waals surface area (Å²) in [7, 11) is 5.43. The molecule has 6 nitrogen and oxygen atoms in total. The van der Waals surface area contributed by atoms with Gasteiger partial charge in [-0.3, -0.25) is 0 Å². The van der Waals surface area contributed by atoms with Gasteiger partial charge in [0.15, 0.2) is 5.82 Å². The fourth-order valence-electron chi connectivity index (χ4n) is 2.11. The van der Waals surface area contributed by atoms with Crippen LogP contribution >= 0.6 is 0 Å². The maximum atomic E-state index is 5.16. The van der Waals surface area contributed by atoms with Crippen LogP contribution in [-0.4, -0.2) is 40.4 Å². The number of benzene rings is 1. The van der Waals surface area contributed by atoms with Gasteiger partial charge in [0.2, 0.25) is 0 Å². The van der Waals surface area contributed by atoms with Crippen LogP contribution in [0.1, 0.15) is 17.8 Å². The number of hydrogen-bond donors (Lipinski definition) is 1. The predicted octanol–water partition coefficient (Wildman–Crippen LogP) is 0.982. The summed E-state index contributed by atoms with van der Waals surface area (Å²) in [5, 5.41) is 15.4. The highest BCUT2D eigenvalue weighted by molar-refractivity contribution is 5.27. The molecule has 0 radical (unpaired) electrons. The number of ether oxygens (including phenoxy) is 1. The molecular formula is C14H21N5O. The number of aromatic nitrogens is 4. The minimum Gasteiger partial charge on any atom is -0.497 e. The second-order valence-electron chi connectivity index (χ2n) is 4.77. The molecule has 0 fully saturated rings. The number of tetrazole rings is 1. The summed E-state index contributed by atoms with van der Waals surface area (Å²) in [4.78, 5) is 1.49. The molecule has 1 aromatic heterocycles. The van der Waals surface area contributed by atoms with E-state index in [2.05, 4.69) is 32.9 Å². The smallest absolute Gasteiger partial charge is 0.176 e. The topological polar surface area (TPSA) is 64.9 Å². The van der Waals surface area contributed by atoms with E-state index in [1.54, 1.807) is 14.2 Å². The largest absolute Gasteiger partial charge is 0.497 e. The van der Waals surface area contributed by atoms with E-state index in [4.69, 9.17) is 4.74 Å². The summed E-state index contributed by atoms with van der Waals surface area (Å²) in [6.07, 6.45) is 2.83. The van der Waals surface area contributed by atoms with Crippen molar-refractivity contribution >= 4 is 0 Å². The molecule has 1 N–H and O–H groups in total. The molecule has 2 rings (SSSR count). The molecule has 0 aliphatic rings. The van der Waals surface area contributed by atoms with Crippen molar-refractivity contribution in [2.75, 3.05) is 14.2 Å². The zero-order chi connectivity index (χ0) is 14.4. The Morgan fingerprint density at radius 3 is 2.60 bits per heavy atom. The van der Waals surface area contributed by atoms with Gasteiger partial charge in [-0.15, -0.1) is 10.2 Å². The lowest BCUT2D eigenvalue weighted by molar-refractivity contribution is 0.414. The van der Waals surface area contributed by atoms with Crippen LogP contribution in [0.15, 0.2) is 24.3 Å². The van der Waals surface area contributed by atoms with Crippen LogP contribution in [0.2, 0.25) is 0 Å². The van der Waals surface area contributed by atoms with Gasteiger partial charge in [-0.1, -0.05) is 12.1 Å². The highest BCUT2D eigenvalue weighted by atomic mass is 16.5. The molecule has 0 amide bonds. The van der Waals surface area contributed by atoms with Crippen molar-refractivity contribution in [1.82, 2.24) is 25.5 Å². The van der Waals surface area contributed by atoms with E-state index in [0.29, 0.717) is 6.04 Å². The van der Waals surface area contributed by atoms with Gasteiger partial charge in [0.1, 0.15) is 5.75 Å². The van der Waals surface area contributed by atoms with Crippen LogP contribution in [-0.2, 0) is 19.9 Å². The lowest BCUT2D eigenvalue weighted by atomic mass is 10.0. The first-order valence-electron chi connectivity index (χ1n) is 6.74. The Labute approximate surface area is 119 Å².